The Kier molecular flexibility index (Phi) is 12.2. The monoisotopic (exact) mass is 377 g/mol. The van der Waals surface area contributed by atoms with Crippen LogP contribution in [-0.2, 0) is 15.9 Å². The van der Waals surface area contributed by atoms with Crippen molar-refractivity contribution in [2.24, 2.45) is 0 Å². The number of ether oxygens (including phenoxy) is 3. The van der Waals surface area contributed by atoms with Gasteiger partial charge in [0.25, 0.3) is 0 Å². The highest BCUT2D eigenvalue weighted by atomic mass is 16.5. The number of unbranched alkanes of at least 4 members (excludes halogenated alkanes) is 5. The molecular formula is C23H39NO3. The van der Waals surface area contributed by atoms with E-state index in [1.165, 1.54) is 50.5 Å². The second kappa shape index (κ2) is 14.9. The minimum absolute atomic E-state index is 0.404. The highest BCUT2D eigenvalue weighted by Gasteiger charge is 2.12. The Labute approximate surface area is 166 Å². The van der Waals surface area contributed by atoms with Crippen molar-refractivity contribution in [3.8, 4) is 5.75 Å². The Hall–Kier alpha value is -1.10. The summed E-state index contributed by atoms with van der Waals surface area (Å²) in [5, 5.41) is 3.34. The largest absolute Gasteiger partial charge is 0.491 e. The number of aryl methyl sites for hydroxylation is 1. The second-order valence-corrected chi connectivity index (χ2v) is 7.44. The lowest BCUT2D eigenvalue weighted by Gasteiger charge is -2.22. The normalized spacial score (nSPS) is 15.1. The summed E-state index contributed by atoms with van der Waals surface area (Å²) in [6.45, 7) is 6.91. The topological polar surface area (TPSA) is 39.7 Å². The van der Waals surface area contributed by atoms with Gasteiger partial charge in [0.1, 0.15) is 12.4 Å². The van der Waals surface area contributed by atoms with Gasteiger partial charge in [0.05, 0.1) is 25.9 Å². The number of hydrogen-bond acceptors (Lipinski definition) is 4. The van der Waals surface area contributed by atoms with Gasteiger partial charge in [0.15, 0.2) is 0 Å². The molecule has 0 unspecified atom stereocenters. The predicted molar refractivity (Wildman–Crippen MR) is 112 cm³/mol. The molecule has 4 heteroatoms. The van der Waals surface area contributed by atoms with E-state index >= 15 is 0 Å². The van der Waals surface area contributed by atoms with Crippen LogP contribution in [0.25, 0.3) is 0 Å². The van der Waals surface area contributed by atoms with Gasteiger partial charge in [-0.1, -0.05) is 51.2 Å². The van der Waals surface area contributed by atoms with E-state index in [0.717, 1.165) is 31.7 Å². The Morgan fingerprint density at radius 1 is 0.852 bits per heavy atom. The number of rotatable bonds is 15. The van der Waals surface area contributed by atoms with Crippen molar-refractivity contribution < 1.29 is 14.2 Å². The molecule has 0 aliphatic carbocycles. The van der Waals surface area contributed by atoms with Gasteiger partial charge in [-0.2, -0.15) is 0 Å². The van der Waals surface area contributed by atoms with Gasteiger partial charge in [-0.3, -0.25) is 0 Å². The fourth-order valence-corrected chi connectivity index (χ4v) is 3.42. The van der Waals surface area contributed by atoms with E-state index in [2.05, 4.69) is 36.5 Å². The van der Waals surface area contributed by atoms with Crippen LogP contribution in [-0.4, -0.2) is 45.6 Å². The lowest BCUT2D eigenvalue weighted by Crippen LogP contribution is -2.33. The molecule has 0 bridgehead atoms. The van der Waals surface area contributed by atoms with Gasteiger partial charge in [-0.25, -0.2) is 0 Å². The molecule has 0 radical (unpaired) electrons. The maximum absolute atomic E-state index is 5.81. The van der Waals surface area contributed by atoms with Crippen molar-refractivity contribution >= 4 is 0 Å². The standard InChI is InChI=1S/C23H39NO3/c1-2-3-4-5-6-7-8-21-9-11-22(12-10-21)26-19-17-25-18-20-27-23-13-15-24-16-14-23/h9-12,23-24H,2-8,13-20H2,1H3. The lowest BCUT2D eigenvalue weighted by atomic mass is 10.0. The molecule has 1 saturated heterocycles. The third kappa shape index (κ3) is 10.7. The van der Waals surface area contributed by atoms with Gasteiger partial charge in [0.2, 0.25) is 0 Å². The van der Waals surface area contributed by atoms with Gasteiger partial charge < -0.3 is 19.5 Å². The molecule has 0 atom stereocenters. The van der Waals surface area contributed by atoms with Crippen molar-refractivity contribution in [1.29, 1.82) is 0 Å². The van der Waals surface area contributed by atoms with Crippen molar-refractivity contribution in [2.45, 2.75) is 70.8 Å². The van der Waals surface area contributed by atoms with E-state index < -0.39 is 0 Å². The first-order valence-electron chi connectivity index (χ1n) is 11.0. The van der Waals surface area contributed by atoms with Crippen molar-refractivity contribution in [3.63, 3.8) is 0 Å². The van der Waals surface area contributed by atoms with Gasteiger partial charge in [0, 0.05) is 0 Å². The van der Waals surface area contributed by atoms with Crippen LogP contribution in [0, 0.1) is 0 Å². The molecule has 0 saturated carbocycles. The zero-order valence-electron chi connectivity index (χ0n) is 17.2. The number of benzene rings is 1. The first-order valence-corrected chi connectivity index (χ1v) is 11.0. The van der Waals surface area contributed by atoms with Crippen LogP contribution < -0.4 is 10.1 Å². The van der Waals surface area contributed by atoms with E-state index in [4.69, 9.17) is 14.2 Å². The summed E-state index contributed by atoms with van der Waals surface area (Å²) < 4.78 is 17.2. The Morgan fingerprint density at radius 3 is 2.33 bits per heavy atom. The predicted octanol–water partition coefficient (Wildman–Crippen LogP) is 4.75. The first kappa shape index (κ1) is 22.2. The molecule has 1 N–H and O–H groups in total. The number of hydrogen-bond donors (Lipinski definition) is 1. The minimum atomic E-state index is 0.404. The summed E-state index contributed by atoms with van der Waals surface area (Å²) in [6, 6.07) is 8.53. The summed E-state index contributed by atoms with van der Waals surface area (Å²) in [5.41, 5.74) is 1.41. The molecule has 0 aromatic heterocycles. The van der Waals surface area contributed by atoms with E-state index in [0.29, 0.717) is 32.5 Å². The molecule has 154 valence electrons. The smallest absolute Gasteiger partial charge is 0.119 e. The van der Waals surface area contributed by atoms with Crippen LogP contribution in [0.5, 0.6) is 5.75 Å². The average Bonchev–Trinajstić information content (AvgIpc) is 2.71. The van der Waals surface area contributed by atoms with E-state index in [-0.39, 0.29) is 0 Å². The quantitative estimate of drug-likeness (QED) is 0.448. The van der Waals surface area contributed by atoms with Gasteiger partial charge in [-0.05, 0) is 56.5 Å². The third-order valence-electron chi connectivity index (χ3n) is 5.11. The molecule has 1 aromatic carbocycles. The van der Waals surface area contributed by atoms with Crippen LogP contribution in [0.15, 0.2) is 24.3 Å². The second-order valence-electron chi connectivity index (χ2n) is 7.44. The summed E-state index contributed by atoms with van der Waals surface area (Å²) in [5.74, 6) is 0.927. The highest BCUT2D eigenvalue weighted by Crippen LogP contribution is 2.15. The summed E-state index contributed by atoms with van der Waals surface area (Å²) in [7, 11) is 0. The summed E-state index contributed by atoms with van der Waals surface area (Å²) >= 11 is 0. The molecule has 1 fully saturated rings. The van der Waals surface area contributed by atoms with Crippen molar-refractivity contribution in [2.75, 3.05) is 39.5 Å². The van der Waals surface area contributed by atoms with Gasteiger partial charge >= 0.3 is 0 Å². The molecule has 0 amide bonds. The Balaban J connectivity index is 1.44. The van der Waals surface area contributed by atoms with Crippen LogP contribution in [0.2, 0.25) is 0 Å². The van der Waals surface area contributed by atoms with E-state index in [1.54, 1.807) is 0 Å². The first-order chi connectivity index (χ1) is 13.4. The van der Waals surface area contributed by atoms with Crippen LogP contribution in [0.4, 0.5) is 0 Å². The fraction of sp³-hybridized carbons (Fsp3) is 0.739. The minimum Gasteiger partial charge on any atom is -0.491 e. The lowest BCUT2D eigenvalue weighted by molar-refractivity contribution is -0.0115. The molecule has 1 aromatic rings. The maximum Gasteiger partial charge on any atom is 0.119 e. The third-order valence-corrected chi connectivity index (χ3v) is 5.11. The number of piperidine rings is 1. The van der Waals surface area contributed by atoms with Crippen molar-refractivity contribution in [3.05, 3.63) is 29.8 Å². The Morgan fingerprint density at radius 2 is 1.56 bits per heavy atom. The van der Waals surface area contributed by atoms with E-state index in [9.17, 15) is 0 Å². The van der Waals surface area contributed by atoms with Gasteiger partial charge in [-0.15, -0.1) is 0 Å². The molecule has 1 heterocycles. The molecule has 1 aliphatic heterocycles. The van der Waals surface area contributed by atoms with Crippen LogP contribution >= 0.6 is 0 Å². The molecular weight excluding hydrogens is 338 g/mol. The fourth-order valence-electron chi connectivity index (χ4n) is 3.42. The summed E-state index contributed by atoms with van der Waals surface area (Å²) in [6.07, 6.45) is 11.9. The Bertz CT molecular complexity index is 457. The molecule has 1 aliphatic rings. The number of nitrogens with one attached hydrogen (secondary N) is 1. The molecule has 27 heavy (non-hydrogen) atoms. The summed E-state index contributed by atoms with van der Waals surface area (Å²) in [4.78, 5) is 0. The maximum atomic E-state index is 5.81. The zero-order valence-corrected chi connectivity index (χ0v) is 17.2. The van der Waals surface area contributed by atoms with Crippen molar-refractivity contribution in [1.82, 2.24) is 5.32 Å². The molecule has 0 spiro atoms. The van der Waals surface area contributed by atoms with Crippen LogP contribution in [0.1, 0.15) is 63.9 Å². The zero-order chi connectivity index (χ0) is 19.0. The SMILES string of the molecule is CCCCCCCCc1ccc(OCCOCCOC2CCNCC2)cc1. The van der Waals surface area contributed by atoms with E-state index in [1.807, 2.05) is 0 Å². The average molecular weight is 378 g/mol. The van der Waals surface area contributed by atoms with Crippen LogP contribution in [0.3, 0.4) is 0 Å². The molecule has 4 nitrogen and oxygen atoms in total. The highest BCUT2D eigenvalue weighted by molar-refractivity contribution is 5.27. The molecule has 2 rings (SSSR count).